The summed E-state index contributed by atoms with van der Waals surface area (Å²) in [5.41, 5.74) is 0.0250. The molecule has 0 bridgehead atoms. The molecule has 1 heterocycles. The van der Waals surface area contributed by atoms with E-state index in [4.69, 9.17) is 16.3 Å². The normalized spacial score (nSPS) is 11.3. The average Bonchev–Trinajstić information content (AvgIpc) is 2.62. The molecule has 136 valence electrons. The maximum atomic E-state index is 12.3. The smallest absolute Gasteiger partial charge is 0.341 e. The number of pyridine rings is 1. The van der Waals surface area contributed by atoms with Gasteiger partial charge in [0.05, 0.1) is 15.5 Å². The Morgan fingerprint density at radius 2 is 2.04 bits per heavy atom. The van der Waals surface area contributed by atoms with Crippen LogP contribution in [0.3, 0.4) is 0 Å². The van der Waals surface area contributed by atoms with E-state index in [0.29, 0.717) is 10.7 Å². The number of esters is 1. The molecule has 0 radical (unpaired) electrons. The van der Waals surface area contributed by atoms with E-state index in [1.807, 2.05) is 0 Å². The lowest BCUT2D eigenvalue weighted by Gasteiger charge is -2.14. The first-order chi connectivity index (χ1) is 12.3. The minimum Gasteiger partial charge on any atom is -0.449 e. The standard InChI is InChI=1S/C16H15ClN4O5/c1-9(15(22)20-14-6-3-10(17)8-19-14)26-16(23)12-7-11(21(24)25)4-5-13(12)18-2/h3-9,18H,1-2H3,(H,19,20,22). The third kappa shape index (κ3) is 4.67. The van der Waals surface area contributed by atoms with Crippen molar-refractivity contribution in [2.24, 2.45) is 0 Å². The Hall–Kier alpha value is -3.20. The van der Waals surface area contributed by atoms with Crippen molar-refractivity contribution in [1.82, 2.24) is 4.98 Å². The topological polar surface area (TPSA) is 123 Å². The number of halogens is 1. The van der Waals surface area contributed by atoms with Crippen molar-refractivity contribution in [3.05, 3.63) is 57.2 Å². The van der Waals surface area contributed by atoms with Crippen LogP contribution in [0.2, 0.25) is 5.02 Å². The van der Waals surface area contributed by atoms with Gasteiger partial charge in [-0.25, -0.2) is 9.78 Å². The van der Waals surface area contributed by atoms with Gasteiger partial charge in [0.25, 0.3) is 11.6 Å². The Bertz CT molecular complexity index is 841. The Morgan fingerprint density at radius 1 is 1.31 bits per heavy atom. The van der Waals surface area contributed by atoms with Gasteiger partial charge >= 0.3 is 5.97 Å². The van der Waals surface area contributed by atoms with E-state index in [2.05, 4.69) is 15.6 Å². The van der Waals surface area contributed by atoms with Gasteiger partial charge in [-0.05, 0) is 25.1 Å². The number of amides is 1. The molecule has 2 rings (SSSR count). The van der Waals surface area contributed by atoms with Gasteiger partial charge in [0.15, 0.2) is 6.10 Å². The number of carbonyl (C=O) groups is 2. The number of benzene rings is 1. The Morgan fingerprint density at radius 3 is 2.62 bits per heavy atom. The summed E-state index contributed by atoms with van der Waals surface area (Å²) in [7, 11) is 1.56. The molecule has 2 aromatic rings. The van der Waals surface area contributed by atoms with E-state index < -0.39 is 22.9 Å². The number of nitro benzene ring substituents is 1. The second kappa shape index (κ2) is 8.26. The molecule has 2 N–H and O–H groups in total. The summed E-state index contributed by atoms with van der Waals surface area (Å²) in [5, 5.41) is 16.5. The molecule has 26 heavy (non-hydrogen) atoms. The van der Waals surface area contributed by atoms with E-state index in [1.165, 1.54) is 31.3 Å². The van der Waals surface area contributed by atoms with Crippen LogP contribution in [0.25, 0.3) is 0 Å². The molecule has 1 aromatic carbocycles. The number of nitrogens with zero attached hydrogens (tertiary/aromatic N) is 2. The van der Waals surface area contributed by atoms with Crippen molar-refractivity contribution in [3.8, 4) is 0 Å². The third-order valence-electron chi connectivity index (χ3n) is 3.33. The van der Waals surface area contributed by atoms with Crippen LogP contribution in [0.15, 0.2) is 36.5 Å². The number of carbonyl (C=O) groups excluding carboxylic acids is 2. The second-order valence-electron chi connectivity index (χ2n) is 5.14. The Balaban J connectivity index is 2.10. The van der Waals surface area contributed by atoms with Crippen LogP contribution in [-0.2, 0) is 9.53 Å². The summed E-state index contributed by atoms with van der Waals surface area (Å²) in [6, 6.07) is 6.76. The van der Waals surface area contributed by atoms with Gasteiger partial charge in [0, 0.05) is 31.1 Å². The van der Waals surface area contributed by atoms with Crippen LogP contribution in [0.5, 0.6) is 0 Å². The summed E-state index contributed by atoms with van der Waals surface area (Å²) >= 11 is 5.71. The first-order valence-corrected chi connectivity index (χ1v) is 7.79. The van der Waals surface area contributed by atoms with Crippen molar-refractivity contribution < 1.29 is 19.2 Å². The lowest BCUT2D eigenvalue weighted by Crippen LogP contribution is -2.30. The van der Waals surface area contributed by atoms with E-state index in [9.17, 15) is 19.7 Å². The minimum atomic E-state index is -1.15. The van der Waals surface area contributed by atoms with E-state index >= 15 is 0 Å². The predicted molar refractivity (Wildman–Crippen MR) is 95.4 cm³/mol. The van der Waals surface area contributed by atoms with Crippen LogP contribution >= 0.6 is 11.6 Å². The molecule has 0 saturated carbocycles. The minimum absolute atomic E-state index is 0.0500. The number of hydrogen-bond donors (Lipinski definition) is 2. The van der Waals surface area contributed by atoms with Crippen molar-refractivity contribution >= 4 is 40.7 Å². The first kappa shape index (κ1) is 19.1. The Kier molecular flexibility index (Phi) is 6.07. The van der Waals surface area contributed by atoms with Gasteiger partial charge in [0.1, 0.15) is 5.82 Å². The monoisotopic (exact) mass is 378 g/mol. The van der Waals surface area contributed by atoms with E-state index in [1.54, 1.807) is 13.1 Å². The van der Waals surface area contributed by atoms with Crippen LogP contribution in [0.4, 0.5) is 17.2 Å². The maximum absolute atomic E-state index is 12.3. The fraction of sp³-hybridized carbons (Fsp3) is 0.188. The summed E-state index contributed by atoms with van der Waals surface area (Å²) in [6.07, 6.45) is 0.208. The molecule has 0 spiro atoms. The number of rotatable bonds is 6. The number of anilines is 2. The quantitative estimate of drug-likeness (QED) is 0.450. The maximum Gasteiger partial charge on any atom is 0.341 e. The molecule has 0 aliphatic rings. The van der Waals surface area contributed by atoms with Crippen molar-refractivity contribution in [1.29, 1.82) is 0 Å². The number of aromatic nitrogens is 1. The molecule has 1 aromatic heterocycles. The highest BCUT2D eigenvalue weighted by atomic mass is 35.5. The van der Waals surface area contributed by atoms with Gasteiger partial charge < -0.3 is 15.4 Å². The molecule has 0 fully saturated rings. The fourth-order valence-corrected chi connectivity index (χ4v) is 2.10. The molecule has 1 atom stereocenters. The molecule has 1 amide bonds. The lowest BCUT2D eigenvalue weighted by molar-refractivity contribution is -0.384. The highest BCUT2D eigenvalue weighted by Crippen LogP contribution is 2.23. The largest absolute Gasteiger partial charge is 0.449 e. The molecule has 0 aliphatic heterocycles. The molecular formula is C16H15ClN4O5. The van der Waals surface area contributed by atoms with Crippen molar-refractivity contribution in [2.45, 2.75) is 13.0 Å². The van der Waals surface area contributed by atoms with Gasteiger partial charge in [-0.2, -0.15) is 0 Å². The van der Waals surface area contributed by atoms with Crippen LogP contribution < -0.4 is 10.6 Å². The number of hydrogen-bond acceptors (Lipinski definition) is 7. The zero-order chi connectivity index (χ0) is 19.3. The van der Waals surface area contributed by atoms with Gasteiger partial charge in [-0.15, -0.1) is 0 Å². The molecular weight excluding hydrogens is 364 g/mol. The van der Waals surface area contributed by atoms with Gasteiger partial charge in [-0.1, -0.05) is 11.6 Å². The highest BCUT2D eigenvalue weighted by Gasteiger charge is 2.23. The summed E-state index contributed by atoms with van der Waals surface area (Å²) in [6.45, 7) is 1.37. The second-order valence-corrected chi connectivity index (χ2v) is 5.57. The first-order valence-electron chi connectivity index (χ1n) is 7.41. The third-order valence-corrected chi connectivity index (χ3v) is 3.56. The zero-order valence-electron chi connectivity index (χ0n) is 13.9. The average molecular weight is 379 g/mol. The zero-order valence-corrected chi connectivity index (χ0v) is 14.6. The molecule has 1 unspecified atom stereocenters. The van der Waals surface area contributed by atoms with Crippen molar-refractivity contribution in [3.63, 3.8) is 0 Å². The highest BCUT2D eigenvalue weighted by molar-refractivity contribution is 6.30. The van der Waals surface area contributed by atoms with E-state index in [0.717, 1.165) is 6.07 Å². The van der Waals surface area contributed by atoms with Crippen LogP contribution in [0.1, 0.15) is 17.3 Å². The fourth-order valence-electron chi connectivity index (χ4n) is 1.99. The number of nitro groups is 1. The summed E-state index contributed by atoms with van der Waals surface area (Å²) < 4.78 is 5.10. The number of nitrogens with one attached hydrogen (secondary N) is 2. The molecule has 10 heteroatoms. The molecule has 9 nitrogen and oxygen atoms in total. The SMILES string of the molecule is CNc1ccc([N+](=O)[O-])cc1C(=O)OC(C)C(=O)Nc1ccc(Cl)cn1. The van der Waals surface area contributed by atoms with Crippen LogP contribution in [-0.4, -0.2) is 34.9 Å². The van der Waals surface area contributed by atoms with Crippen molar-refractivity contribution in [2.75, 3.05) is 17.7 Å². The summed E-state index contributed by atoms with van der Waals surface area (Å²) in [4.78, 5) is 38.6. The summed E-state index contributed by atoms with van der Waals surface area (Å²) in [5.74, 6) is -1.23. The van der Waals surface area contributed by atoms with Crippen LogP contribution in [0, 0.1) is 10.1 Å². The predicted octanol–water partition coefficient (Wildman–Crippen LogP) is 2.87. The number of non-ortho nitro benzene ring substituents is 1. The van der Waals surface area contributed by atoms with Gasteiger partial charge in [-0.3, -0.25) is 14.9 Å². The molecule has 0 saturated heterocycles. The number of ether oxygens (including phenoxy) is 1. The van der Waals surface area contributed by atoms with Gasteiger partial charge in [0.2, 0.25) is 0 Å². The Labute approximate surface area is 153 Å². The lowest BCUT2D eigenvalue weighted by atomic mass is 10.1. The molecule has 0 aliphatic carbocycles. The van der Waals surface area contributed by atoms with E-state index in [-0.39, 0.29) is 17.1 Å².